The van der Waals surface area contributed by atoms with E-state index >= 15 is 0 Å². The third-order valence-corrected chi connectivity index (χ3v) is 6.35. The molecule has 162 valence electrons. The number of rotatable bonds is 4. The van der Waals surface area contributed by atoms with Gasteiger partial charge >= 0.3 is 0 Å². The first-order valence-corrected chi connectivity index (χ1v) is 10.6. The Balaban J connectivity index is 1.74. The van der Waals surface area contributed by atoms with Gasteiger partial charge in [-0.3, -0.25) is 0 Å². The molecule has 4 nitrogen and oxygen atoms in total. The largest absolute Gasteiger partial charge is 0.509 e. The fourth-order valence-electron chi connectivity index (χ4n) is 4.58. The maximum absolute atomic E-state index is 14.0. The molecule has 2 heterocycles. The third-order valence-electron chi connectivity index (χ3n) is 6.35. The number of aliphatic hydroxyl groups excluding tert-OH is 1. The van der Waals surface area contributed by atoms with Crippen molar-refractivity contribution in [1.82, 2.24) is 4.98 Å². The van der Waals surface area contributed by atoms with Crippen molar-refractivity contribution in [2.75, 3.05) is 6.61 Å². The number of fused-ring (bicyclic) bond motifs is 1. The minimum absolute atomic E-state index is 0.108. The Morgan fingerprint density at radius 2 is 1.69 bits per heavy atom. The number of aliphatic hydroxyl groups is 1. The summed E-state index contributed by atoms with van der Waals surface area (Å²) in [4.78, 5) is 14.7. The number of halogens is 1. The van der Waals surface area contributed by atoms with E-state index in [0.717, 1.165) is 33.3 Å². The number of hydrogen-bond donors (Lipinski definition) is 2. The first-order valence-electron chi connectivity index (χ1n) is 10.6. The molecule has 0 amide bonds. The van der Waals surface area contributed by atoms with Crippen LogP contribution in [0.25, 0.3) is 10.9 Å². The number of hydrogen-bond acceptors (Lipinski definition) is 3. The maximum Gasteiger partial charge on any atom is 0.182 e. The summed E-state index contributed by atoms with van der Waals surface area (Å²) in [6.07, 6.45) is 0. The second kappa shape index (κ2) is 7.93. The standard InChI is InChI=1S/C27H24FNO3/c1-17-21-15-20(28)13-14-23(21)29-25(17)24(18-9-5-3-6-10-18)22-16-31-32-27(2,26(22)30)19-11-7-4-8-12-19/h3-15,24,29-30H,16H2,1-2H3/t24?,27-/m1/s1. The summed E-state index contributed by atoms with van der Waals surface area (Å²) >= 11 is 0. The third kappa shape index (κ3) is 3.30. The number of aromatic nitrogens is 1. The number of H-pyrrole nitrogens is 1. The summed E-state index contributed by atoms with van der Waals surface area (Å²) in [5, 5.41) is 12.4. The van der Waals surface area contributed by atoms with Crippen molar-refractivity contribution >= 4 is 10.9 Å². The molecule has 32 heavy (non-hydrogen) atoms. The van der Waals surface area contributed by atoms with Gasteiger partial charge in [0.1, 0.15) is 18.2 Å². The van der Waals surface area contributed by atoms with Crippen LogP contribution in [0, 0.1) is 12.7 Å². The molecule has 1 aromatic heterocycles. The molecule has 0 aliphatic carbocycles. The van der Waals surface area contributed by atoms with E-state index in [1.807, 2.05) is 67.6 Å². The van der Waals surface area contributed by atoms with Gasteiger partial charge in [0.25, 0.3) is 0 Å². The van der Waals surface area contributed by atoms with Gasteiger partial charge in [-0.2, -0.15) is 0 Å². The smallest absolute Gasteiger partial charge is 0.182 e. The molecule has 0 fully saturated rings. The maximum atomic E-state index is 14.0. The Bertz CT molecular complexity index is 1300. The van der Waals surface area contributed by atoms with Crippen LogP contribution in [0.5, 0.6) is 0 Å². The molecule has 2 N–H and O–H groups in total. The summed E-state index contributed by atoms with van der Waals surface area (Å²) in [7, 11) is 0. The van der Waals surface area contributed by atoms with E-state index in [0.29, 0.717) is 5.57 Å². The second-order valence-electron chi connectivity index (χ2n) is 8.32. The molecule has 0 saturated carbocycles. The highest BCUT2D eigenvalue weighted by atomic mass is 19.1. The minimum atomic E-state index is -1.14. The van der Waals surface area contributed by atoms with E-state index in [1.165, 1.54) is 12.1 Å². The van der Waals surface area contributed by atoms with Crippen molar-refractivity contribution in [2.45, 2.75) is 25.4 Å². The van der Waals surface area contributed by atoms with Gasteiger partial charge in [-0.15, -0.1) is 0 Å². The van der Waals surface area contributed by atoms with Crippen LogP contribution in [-0.2, 0) is 15.4 Å². The molecule has 4 aromatic rings. The van der Waals surface area contributed by atoms with Crippen molar-refractivity contribution in [1.29, 1.82) is 0 Å². The molecule has 1 aliphatic heterocycles. The molecular formula is C27H24FNO3. The molecular weight excluding hydrogens is 405 g/mol. The lowest BCUT2D eigenvalue weighted by molar-refractivity contribution is -0.363. The monoisotopic (exact) mass is 429 g/mol. The summed E-state index contributed by atoms with van der Waals surface area (Å²) in [5.74, 6) is -0.484. The van der Waals surface area contributed by atoms with Crippen LogP contribution >= 0.6 is 0 Å². The van der Waals surface area contributed by atoms with Crippen LogP contribution < -0.4 is 0 Å². The van der Waals surface area contributed by atoms with Crippen molar-refractivity contribution in [3.05, 3.63) is 118 Å². The van der Waals surface area contributed by atoms with E-state index in [4.69, 9.17) is 9.78 Å². The lowest BCUT2D eigenvalue weighted by Gasteiger charge is -2.36. The number of benzene rings is 3. The summed E-state index contributed by atoms with van der Waals surface area (Å²) in [6.45, 7) is 3.88. The minimum Gasteiger partial charge on any atom is -0.509 e. The van der Waals surface area contributed by atoms with Crippen molar-refractivity contribution in [3.63, 3.8) is 0 Å². The molecule has 0 radical (unpaired) electrons. The van der Waals surface area contributed by atoms with E-state index in [1.54, 1.807) is 13.0 Å². The molecule has 0 bridgehead atoms. The zero-order valence-corrected chi connectivity index (χ0v) is 17.9. The fourth-order valence-corrected chi connectivity index (χ4v) is 4.58. The SMILES string of the molecule is Cc1c(C(C2=C(O)[C@@](C)(c3ccccc3)OOC2)c2ccccc2)[nH]c2ccc(F)cc12. The molecule has 3 aromatic carbocycles. The number of nitrogens with one attached hydrogen (secondary N) is 1. The lowest BCUT2D eigenvalue weighted by atomic mass is 9.81. The molecule has 2 atom stereocenters. The molecule has 1 aliphatic rings. The molecule has 5 heteroatoms. The van der Waals surface area contributed by atoms with Crippen LogP contribution in [0.2, 0.25) is 0 Å². The van der Waals surface area contributed by atoms with Crippen LogP contribution in [0.3, 0.4) is 0 Å². The quantitative estimate of drug-likeness (QED) is 0.367. The highest BCUT2D eigenvalue weighted by Crippen LogP contribution is 2.44. The van der Waals surface area contributed by atoms with Gasteiger partial charge in [0, 0.05) is 22.2 Å². The van der Waals surface area contributed by atoms with E-state index in [-0.39, 0.29) is 24.1 Å². The van der Waals surface area contributed by atoms with E-state index in [9.17, 15) is 9.50 Å². The normalized spacial score (nSPS) is 20.0. The van der Waals surface area contributed by atoms with Gasteiger partial charge in [-0.1, -0.05) is 60.7 Å². The summed E-state index contributed by atoms with van der Waals surface area (Å²) in [6, 6.07) is 24.2. The van der Waals surface area contributed by atoms with Crippen LogP contribution in [0.4, 0.5) is 4.39 Å². The predicted molar refractivity (Wildman–Crippen MR) is 122 cm³/mol. The summed E-state index contributed by atoms with van der Waals surface area (Å²) in [5.41, 5.74) is 4.00. The topological polar surface area (TPSA) is 54.5 Å². The Kier molecular flexibility index (Phi) is 5.08. The summed E-state index contributed by atoms with van der Waals surface area (Å²) < 4.78 is 14.0. The molecule has 0 saturated heterocycles. The van der Waals surface area contributed by atoms with Gasteiger partial charge in [0.2, 0.25) is 0 Å². The van der Waals surface area contributed by atoms with Gasteiger partial charge in [-0.05, 0) is 48.7 Å². The average molecular weight is 429 g/mol. The Labute approximate surface area is 185 Å². The molecule has 0 spiro atoms. The lowest BCUT2D eigenvalue weighted by Crippen LogP contribution is -2.36. The average Bonchev–Trinajstić information content (AvgIpc) is 3.14. The highest BCUT2D eigenvalue weighted by Gasteiger charge is 2.42. The number of aryl methyl sites for hydroxylation is 1. The first-order chi connectivity index (χ1) is 15.5. The van der Waals surface area contributed by atoms with Crippen LogP contribution in [-0.4, -0.2) is 16.7 Å². The van der Waals surface area contributed by atoms with Crippen LogP contribution in [0.15, 0.2) is 90.2 Å². The van der Waals surface area contributed by atoms with Crippen molar-refractivity contribution in [3.8, 4) is 0 Å². The zero-order chi connectivity index (χ0) is 22.3. The molecule has 5 rings (SSSR count). The Hall–Kier alpha value is -3.41. The molecule has 1 unspecified atom stereocenters. The Morgan fingerprint density at radius 1 is 1.00 bits per heavy atom. The second-order valence-corrected chi connectivity index (χ2v) is 8.32. The van der Waals surface area contributed by atoms with Crippen molar-refractivity contribution in [2.24, 2.45) is 0 Å². The predicted octanol–water partition coefficient (Wildman–Crippen LogP) is 6.44. The number of aromatic amines is 1. The van der Waals surface area contributed by atoms with Crippen LogP contribution in [0.1, 0.15) is 35.2 Å². The fraction of sp³-hybridized carbons (Fsp3) is 0.185. The van der Waals surface area contributed by atoms with Gasteiger partial charge in [0.15, 0.2) is 5.60 Å². The Morgan fingerprint density at radius 3 is 2.41 bits per heavy atom. The van der Waals surface area contributed by atoms with E-state index in [2.05, 4.69) is 4.98 Å². The van der Waals surface area contributed by atoms with E-state index < -0.39 is 5.60 Å². The van der Waals surface area contributed by atoms with Gasteiger partial charge in [0.05, 0.1) is 5.92 Å². The van der Waals surface area contributed by atoms with Gasteiger partial charge in [-0.25, -0.2) is 14.2 Å². The highest BCUT2D eigenvalue weighted by molar-refractivity contribution is 5.85. The first kappa shape index (κ1) is 20.5. The zero-order valence-electron chi connectivity index (χ0n) is 17.9. The van der Waals surface area contributed by atoms with Gasteiger partial charge < -0.3 is 10.1 Å². The van der Waals surface area contributed by atoms with Crippen molar-refractivity contribution < 1.29 is 19.3 Å².